The Morgan fingerprint density at radius 2 is 1.90 bits per heavy atom. The summed E-state index contributed by atoms with van der Waals surface area (Å²) in [6.45, 7) is 3.96. The number of nitrogens with one attached hydrogen (secondary N) is 1. The molecule has 1 unspecified atom stereocenters. The molecule has 0 bridgehead atoms. The summed E-state index contributed by atoms with van der Waals surface area (Å²) in [5.74, 6) is 0.531. The van der Waals surface area contributed by atoms with Gasteiger partial charge in [-0.3, -0.25) is 9.78 Å². The van der Waals surface area contributed by atoms with E-state index in [9.17, 15) is 4.79 Å². The number of hydrogen-bond acceptors (Lipinski definition) is 4. The largest absolute Gasteiger partial charge is 0.496 e. The van der Waals surface area contributed by atoms with Crippen molar-refractivity contribution < 1.29 is 9.53 Å². The number of nitrogens with zero attached hydrogens (tertiary/aromatic N) is 3. The Bertz CT molecular complexity index is 1190. The van der Waals surface area contributed by atoms with E-state index in [1.165, 1.54) is 0 Å². The van der Waals surface area contributed by atoms with E-state index in [1.807, 2.05) is 74.5 Å². The van der Waals surface area contributed by atoms with Gasteiger partial charge in [0.25, 0.3) is 5.91 Å². The van der Waals surface area contributed by atoms with Gasteiger partial charge in [0.1, 0.15) is 11.4 Å². The lowest BCUT2D eigenvalue weighted by molar-refractivity contribution is 0.0940. The van der Waals surface area contributed by atoms with Gasteiger partial charge in [-0.2, -0.15) is 5.10 Å². The Hall–Kier alpha value is -3.93. The quantitative estimate of drug-likeness (QED) is 0.497. The molecule has 0 saturated heterocycles. The first-order valence-electron chi connectivity index (χ1n) is 10.1. The molecule has 1 amide bonds. The number of benzene rings is 2. The predicted molar refractivity (Wildman–Crippen MR) is 120 cm³/mol. The van der Waals surface area contributed by atoms with Gasteiger partial charge in [-0.05, 0) is 44.2 Å². The molecule has 0 aliphatic heterocycles. The molecule has 2 aromatic carbocycles. The van der Waals surface area contributed by atoms with Crippen LogP contribution in [0.3, 0.4) is 0 Å². The van der Waals surface area contributed by atoms with Gasteiger partial charge in [-0.15, -0.1) is 0 Å². The van der Waals surface area contributed by atoms with Gasteiger partial charge in [0.05, 0.1) is 24.4 Å². The third-order valence-corrected chi connectivity index (χ3v) is 5.11. The highest BCUT2D eigenvalue weighted by molar-refractivity contribution is 6.00. The molecule has 0 fully saturated rings. The number of aryl methyl sites for hydroxylation is 1. The minimum Gasteiger partial charge on any atom is -0.496 e. The number of rotatable bonds is 6. The monoisotopic (exact) mass is 412 g/mol. The second-order valence-corrected chi connectivity index (χ2v) is 7.35. The van der Waals surface area contributed by atoms with Crippen LogP contribution in [-0.2, 0) is 0 Å². The smallest absolute Gasteiger partial charge is 0.255 e. The number of aromatic nitrogens is 3. The SMILES string of the molecule is COc1ccc(C)cc1C(C)NC(=O)c1cn(-c2ccccc2)nc1-c1cccnc1. The lowest BCUT2D eigenvalue weighted by atomic mass is 10.0. The average Bonchev–Trinajstić information content (AvgIpc) is 3.26. The predicted octanol–water partition coefficient (Wildman–Crippen LogP) is 4.74. The van der Waals surface area contributed by atoms with E-state index in [1.54, 1.807) is 30.4 Å². The zero-order valence-corrected chi connectivity index (χ0v) is 17.7. The van der Waals surface area contributed by atoms with Gasteiger partial charge in [0, 0.05) is 29.7 Å². The first-order valence-corrected chi connectivity index (χ1v) is 10.1. The van der Waals surface area contributed by atoms with Crippen LogP contribution in [0, 0.1) is 6.92 Å². The van der Waals surface area contributed by atoms with Crippen molar-refractivity contribution in [1.29, 1.82) is 0 Å². The van der Waals surface area contributed by atoms with Gasteiger partial charge in [-0.1, -0.05) is 35.9 Å². The van der Waals surface area contributed by atoms with Crippen molar-refractivity contribution in [2.45, 2.75) is 19.9 Å². The van der Waals surface area contributed by atoms with E-state index in [0.717, 1.165) is 28.1 Å². The number of carbonyl (C=O) groups is 1. The molecule has 2 heterocycles. The standard InChI is InChI=1S/C25H24N4O2/c1-17-11-12-23(31-3)21(14-17)18(2)27-25(30)22-16-29(20-9-5-4-6-10-20)28-24(22)19-8-7-13-26-15-19/h4-16,18H,1-3H3,(H,27,30). The topological polar surface area (TPSA) is 69.0 Å². The molecule has 0 spiro atoms. The molecule has 1 atom stereocenters. The van der Waals surface area contributed by atoms with Crippen LogP contribution in [-0.4, -0.2) is 27.8 Å². The third-order valence-electron chi connectivity index (χ3n) is 5.11. The van der Waals surface area contributed by atoms with Crippen molar-refractivity contribution in [3.8, 4) is 22.7 Å². The van der Waals surface area contributed by atoms with Gasteiger partial charge in [-0.25, -0.2) is 4.68 Å². The number of amides is 1. The molecule has 0 aliphatic rings. The zero-order chi connectivity index (χ0) is 21.8. The minimum absolute atomic E-state index is 0.211. The molecule has 2 aromatic heterocycles. The van der Waals surface area contributed by atoms with E-state index >= 15 is 0 Å². The van der Waals surface area contributed by atoms with Crippen LogP contribution < -0.4 is 10.1 Å². The molecule has 6 nitrogen and oxygen atoms in total. The molecular formula is C25H24N4O2. The lowest BCUT2D eigenvalue weighted by Gasteiger charge is -2.18. The van der Waals surface area contributed by atoms with Crippen molar-refractivity contribution in [1.82, 2.24) is 20.1 Å². The van der Waals surface area contributed by atoms with Crippen LogP contribution in [0.2, 0.25) is 0 Å². The highest BCUT2D eigenvalue weighted by atomic mass is 16.5. The number of pyridine rings is 1. The third kappa shape index (κ3) is 4.33. The maximum atomic E-state index is 13.3. The normalized spacial score (nSPS) is 11.7. The molecular weight excluding hydrogens is 388 g/mol. The molecule has 31 heavy (non-hydrogen) atoms. The Kier molecular flexibility index (Phi) is 5.80. The number of hydrogen-bond donors (Lipinski definition) is 1. The van der Waals surface area contributed by atoms with E-state index in [-0.39, 0.29) is 11.9 Å². The van der Waals surface area contributed by atoms with E-state index in [0.29, 0.717) is 11.3 Å². The highest BCUT2D eigenvalue weighted by Gasteiger charge is 2.22. The maximum absolute atomic E-state index is 13.3. The van der Waals surface area contributed by atoms with Crippen molar-refractivity contribution in [2.24, 2.45) is 0 Å². The van der Waals surface area contributed by atoms with Gasteiger partial charge < -0.3 is 10.1 Å². The van der Waals surface area contributed by atoms with Gasteiger partial charge in [0.2, 0.25) is 0 Å². The summed E-state index contributed by atoms with van der Waals surface area (Å²) in [7, 11) is 1.63. The Balaban J connectivity index is 1.70. The summed E-state index contributed by atoms with van der Waals surface area (Å²) in [5, 5.41) is 7.79. The summed E-state index contributed by atoms with van der Waals surface area (Å²) in [6, 6.07) is 19.1. The molecule has 0 aliphatic carbocycles. The van der Waals surface area contributed by atoms with Crippen LogP contribution >= 0.6 is 0 Å². The summed E-state index contributed by atoms with van der Waals surface area (Å²) in [5.41, 5.74) is 4.75. The number of carbonyl (C=O) groups excluding carboxylic acids is 1. The molecule has 6 heteroatoms. The Morgan fingerprint density at radius 3 is 2.61 bits per heavy atom. The molecule has 156 valence electrons. The summed E-state index contributed by atoms with van der Waals surface area (Å²) in [4.78, 5) is 17.5. The molecule has 4 rings (SSSR count). The molecule has 0 saturated carbocycles. The zero-order valence-electron chi connectivity index (χ0n) is 17.7. The fraction of sp³-hybridized carbons (Fsp3) is 0.160. The van der Waals surface area contributed by atoms with E-state index in [4.69, 9.17) is 9.84 Å². The van der Waals surface area contributed by atoms with Gasteiger partial charge in [0.15, 0.2) is 0 Å². The fourth-order valence-corrected chi connectivity index (χ4v) is 3.51. The van der Waals surface area contributed by atoms with E-state index < -0.39 is 0 Å². The summed E-state index contributed by atoms with van der Waals surface area (Å²) in [6.07, 6.45) is 5.16. The van der Waals surface area contributed by atoms with Crippen molar-refractivity contribution >= 4 is 5.91 Å². The van der Waals surface area contributed by atoms with Crippen molar-refractivity contribution in [3.63, 3.8) is 0 Å². The van der Waals surface area contributed by atoms with Crippen LogP contribution in [0.4, 0.5) is 0 Å². The van der Waals surface area contributed by atoms with E-state index in [2.05, 4.69) is 10.3 Å². The summed E-state index contributed by atoms with van der Waals surface area (Å²) >= 11 is 0. The lowest BCUT2D eigenvalue weighted by Crippen LogP contribution is -2.27. The second kappa shape index (κ2) is 8.83. The van der Waals surface area contributed by atoms with Crippen LogP contribution in [0.1, 0.15) is 34.5 Å². The first kappa shape index (κ1) is 20.3. The minimum atomic E-state index is -0.246. The number of para-hydroxylation sites is 1. The van der Waals surface area contributed by atoms with Crippen LogP contribution in [0.15, 0.2) is 79.3 Å². The summed E-state index contributed by atoms with van der Waals surface area (Å²) < 4.78 is 7.21. The fourth-order valence-electron chi connectivity index (χ4n) is 3.51. The second-order valence-electron chi connectivity index (χ2n) is 7.35. The maximum Gasteiger partial charge on any atom is 0.255 e. The molecule has 0 radical (unpaired) electrons. The van der Waals surface area contributed by atoms with Crippen molar-refractivity contribution in [2.75, 3.05) is 7.11 Å². The van der Waals surface area contributed by atoms with Gasteiger partial charge >= 0.3 is 0 Å². The van der Waals surface area contributed by atoms with Crippen LogP contribution in [0.25, 0.3) is 16.9 Å². The Labute approximate surface area is 181 Å². The van der Waals surface area contributed by atoms with Crippen LogP contribution in [0.5, 0.6) is 5.75 Å². The Morgan fingerprint density at radius 1 is 1.10 bits per heavy atom. The average molecular weight is 412 g/mol. The highest BCUT2D eigenvalue weighted by Crippen LogP contribution is 2.28. The molecule has 4 aromatic rings. The van der Waals surface area contributed by atoms with Crippen molar-refractivity contribution in [3.05, 3.63) is 95.9 Å². The number of methoxy groups -OCH3 is 1. The first-order chi connectivity index (χ1) is 15.1. The molecule has 1 N–H and O–H groups in total. The number of ether oxygens (including phenoxy) is 1.